The van der Waals surface area contributed by atoms with Crippen molar-refractivity contribution in [2.24, 2.45) is 5.92 Å². The van der Waals surface area contributed by atoms with Gasteiger partial charge in [-0.15, -0.1) is 0 Å². The highest BCUT2D eigenvalue weighted by Gasteiger charge is 2.24. The van der Waals surface area contributed by atoms with Crippen molar-refractivity contribution in [1.82, 2.24) is 5.32 Å². The molecule has 2 unspecified atom stereocenters. The third-order valence-corrected chi connectivity index (χ3v) is 2.63. The molecule has 1 rings (SSSR count). The van der Waals surface area contributed by atoms with Gasteiger partial charge in [-0.05, 0) is 18.5 Å². The number of alkyl halides is 1. The predicted octanol–water partition coefficient (Wildman–Crippen LogP) is 2.62. The van der Waals surface area contributed by atoms with E-state index in [0.717, 1.165) is 25.1 Å². The second kappa shape index (κ2) is 5.76. The van der Waals surface area contributed by atoms with Crippen molar-refractivity contribution in [2.45, 2.75) is 19.0 Å². The van der Waals surface area contributed by atoms with Gasteiger partial charge in [-0.3, -0.25) is 0 Å². The molecule has 1 aliphatic rings. The summed E-state index contributed by atoms with van der Waals surface area (Å²) in [4.78, 5) is 0. The van der Waals surface area contributed by atoms with Crippen LogP contribution in [-0.2, 0) is 0 Å². The molecule has 0 bridgehead atoms. The van der Waals surface area contributed by atoms with E-state index >= 15 is 0 Å². The summed E-state index contributed by atoms with van der Waals surface area (Å²) in [5.41, 5.74) is 0.930. The van der Waals surface area contributed by atoms with Crippen molar-refractivity contribution in [3.05, 3.63) is 37.0 Å². The van der Waals surface area contributed by atoms with E-state index in [1.807, 2.05) is 6.08 Å². The summed E-state index contributed by atoms with van der Waals surface area (Å²) in [5, 5.41) is 3.17. The predicted molar refractivity (Wildman–Crippen MR) is 59.0 cm³/mol. The molecule has 1 N–H and O–H groups in total. The van der Waals surface area contributed by atoms with E-state index in [0.29, 0.717) is 6.42 Å². The molecule has 0 saturated carbocycles. The highest BCUT2D eigenvalue weighted by atomic mass is 19.1. The number of hydrogen-bond donors (Lipinski definition) is 1. The molecule has 1 nitrogen and oxygen atoms in total. The first-order valence-corrected chi connectivity index (χ1v) is 5.06. The summed E-state index contributed by atoms with van der Waals surface area (Å²) in [6.07, 6.45) is 5.85. The van der Waals surface area contributed by atoms with Crippen molar-refractivity contribution >= 4 is 0 Å². The molecule has 0 spiro atoms. The van der Waals surface area contributed by atoms with Gasteiger partial charge in [-0.1, -0.05) is 31.4 Å². The first kappa shape index (κ1) is 11.2. The van der Waals surface area contributed by atoms with Crippen LogP contribution in [0.4, 0.5) is 4.39 Å². The lowest BCUT2D eigenvalue weighted by molar-refractivity contribution is 0.241. The normalized spacial score (nSPS) is 24.6. The third-order valence-electron chi connectivity index (χ3n) is 2.63. The van der Waals surface area contributed by atoms with Gasteiger partial charge in [0.1, 0.15) is 6.17 Å². The van der Waals surface area contributed by atoms with Gasteiger partial charge in [0.05, 0.1) is 0 Å². The molecule has 0 aliphatic carbocycles. The molecule has 1 saturated heterocycles. The number of halogens is 1. The first-order chi connectivity index (χ1) is 6.77. The van der Waals surface area contributed by atoms with Crippen LogP contribution in [0, 0.1) is 5.92 Å². The van der Waals surface area contributed by atoms with E-state index in [1.165, 1.54) is 0 Å². The van der Waals surface area contributed by atoms with E-state index < -0.39 is 6.17 Å². The molecule has 1 fully saturated rings. The zero-order valence-corrected chi connectivity index (χ0v) is 8.51. The fraction of sp³-hybridized carbons (Fsp3) is 0.500. The Hall–Kier alpha value is -0.890. The second-order valence-electron chi connectivity index (χ2n) is 3.65. The van der Waals surface area contributed by atoms with Gasteiger partial charge in [0.2, 0.25) is 0 Å². The number of nitrogens with one attached hydrogen (secondary N) is 1. The Balaban J connectivity index is 2.44. The van der Waals surface area contributed by atoms with Gasteiger partial charge in [0, 0.05) is 18.9 Å². The molecule has 78 valence electrons. The largest absolute Gasteiger partial charge is 0.316 e. The summed E-state index contributed by atoms with van der Waals surface area (Å²) in [5.74, 6) is 0.170. The van der Waals surface area contributed by atoms with E-state index in [4.69, 9.17) is 0 Å². The van der Waals surface area contributed by atoms with Crippen LogP contribution in [0.3, 0.4) is 0 Å². The SMILES string of the molecule is C=C/C=C(\C=C)CC(F)C1CCNC1. The molecule has 0 aromatic heterocycles. The average molecular weight is 195 g/mol. The molecular weight excluding hydrogens is 177 g/mol. The molecule has 1 aliphatic heterocycles. The molecule has 0 amide bonds. The second-order valence-corrected chi connectivity index (χ2v) is 3.65. The highest BCUT2D eigenvalue weighted by Crippen LogP contribution is 2.22. The summed E-state index contributed by atoms with van der Waals surface area (Å²) in [6, 6.07) is 0. The quantitative estimate of drug-likeness (QED) is 0.665. The summed E-state index contributed by atoms with van der Waals surface area (Å²) in [7, 11) is 0. The van der Waals surface area contributed by atoms with E-state index in [-0.39, 0.29) is 5.92 Å². The minimum absolute atomic E-state index is 0.170. The fourth-order valence-electron chi connectivity index (χ4n) is 1.75. The van der Waals surface area contributed by atoms with Gasteiger partial charge >= 0.3 is 0 Å². The fourth-order valence-corrected chi connectivity index (χ4v) is 1.75. The van der Waals surface area contributed by atoms with Crippen molar-refractivity contribution in [3.8, 4) is 0 Å². The topological polar surface area (TPSA) is 12.0 Å². The smallest absolute Gasteiger partial charge is 0.108 e. The zero-order chi connectivity index (χ0) is 10.4. The molecular formula is C12H18FN. The van der Waals surface area contributed by atoms with Crippen molar-refractivity contribution < 1.29 is 4.39 Å². The Morgan fingerprint density at radius 1 is 1.57 bits per heavy atom. The summed E-state index contributed by atoms with van der Waals surface area (Å²) < 4.78 is 13.7. The standard InChI is InChI=1S/C12H18FN/c1-3-5-10(4-2)8-12(13)11-6-7-14-9-11/h3-5,11-12,14H,1-2,6-9H2/b10-5+. The van der Waals surface area contributed by atoms with Crippen LogP contribution in [0.2, 0.25) is 0 Å². The van der Waals surface area contributed by atoms with Crippen LogP contribution < -0.4 is 5.32 Å². The Bertz CT molecular complexity index is 226. The van der Waals surface area contributed by atoms with Crippen molar-refractivity contribution in [1.29, 1.82) is 0 Å². The maximum Gasteiger partial charge on any atom is 0.108 e. The number of hydrogen-bond acceptors (Lipinski definition) is 1. The van der Waals surface area contributed by atoms with Gasteiger partial charge in [0.25, 0.3) is 0 Å². The molecule has 0 aromatic carbocycles. The minimum atomic E-state index is -0.755. The van der Waals surface area contributed by atoms with Crippen LogP contribution in [0.15, 0.2) is 37.0 Å². The van der Waals surface area contributed by atoms with E-state index in [9.17, 15) is 4.39 Å². The molecule has 0 radical (unpaired) electrons. The lowest BCUT2D eigenvalue weighted by atomic mass is 9.96. The summed E-state index contributed by atoms with van der Waals surface area (Å²) in [6.45, 7) is 9.00. The van der Waals surface area contributed by atoms with Gasteiger partial charge in [0.15, 0.2) is 0 Å². The van der Waals surface area contributed by atoms with Crippen LogP contribution in [0.25, 0.3) is 0 Å². The molecule has 0 aromatic rings. The Morgan fingerprint density at radius 3 is 2.86 bits per heavy atom. The van der Waals surface area contributed by atoms with Crippen LogP contribution in [0.1, 0.15) is 12.8 Å². The lowest BCUT2D eigenvalue weighted by Crippen LogP contribution is -2.19. The van der Waals surface area contributed by atoms with Gasteiger partial charge in [-0.2, -0.15) is 0 Å². The van der Waals surface area contributed by atoms with Crippen molar-refractivity contribution in [2.75, 3.05) is 13.1 Å². The van der Waals surface area contributed by atoms with E-state index in [2.05, 4.69) is 18.5 Å². The maximum absolute atomic E-state index is 13.7. The first-order valence-electron chi connectivity index (χ1n) is 5.06. The van der Waals surface area contributed by atoms with Gasteiger partial charge in [-0.25, -0.2) is 4.39 Å². The van der Waals surface area contributed by atoms with Crippen molar-refractivity contribution in [3.63, 3.8) is 0 Å². The number of rotatable bonds is 5. The van der Waals surface area contributed by atoms with E-state index in [1.54, 1.807) is 12.2 Å². The Labute approximate surface area is 85.4 Å². The molecule has 14 heavy (non-hydrogen) atoms. The third kappa shape index (κ3) is 3.11. The Morgan fingerprint density at radius 2 is 2.36 bits per heavy atom. The minimum Gasteiger partial charge on any atom is -0.316 e. The number of allylic oxidation sites excluding steroid dienone is 4. The average Bonchev–Trinajstić information content (AvgIpc) is 2.69. The molecule has 2 heteroatoms. The lowest BCUT2D eigenvalue weighted by Gasteiger charge is -2.14. The van der Waals surface area contributed by atoms with Gasteiger partial charge < -0.3 is 5.32 Å². The zero-order valence-electron chi connectivity index (χ0n) is 8.51. The Kier molecular flexibility index (Phi) is 4.60. The highest BCUT2D eigenvalue weighted by molar-refractivity contribution is 5.21. The van der Waals surface area contributed by atoms with Crippen LogP contribution >= 0.6 is 0 Å². The summed E-state index contributed by atoms with van der Waals surface area (Å²) >= 11 is 0. The molecule has 2 atom stereocenters. The maximum atomic E-state index is 13.7. The molecule has 1 heterocycles. The van der Waals surface area contributed by atoms with Crippen LogP contribution in [-0.4, -0.2) is 19.3 Å². The van der Waals surface area contributed by atoms with Crippen LogP contribution in [0.5, 0.6) is 0 Å². The monoisotopic (exact) mass is 195 g/mol.